The van der Waals surface area contributed by atoms with E-state index in [4.69, 9.17) is 0 Å². The van der Waals surface area contributed by atoms with Gasteiger partial charge in [-0.25, -0.2) is 0 Å². The third-order valence-electron chi connectivity index (χ3n) is 5.07. The van der Waals surface area contributed by atoms with Crippen molar-refractivity contribution in [1.82, 2.24) is 14.3 Å². The average molecular weight is 339 g/mol. The predicted molar refractivity (Wildman–Crippen MR) is 86.9 cm³/mol. The van der Waals surface area contributed by atoms with E-state index in [1.165, 1.54) is 11.5 Å². The van der Waals surface area contributed by atoms with Crippen LogP contribution in [0.3, 0.4) is 0 Å². The lowest BCUT2D eigenvalue weighted by atomic mass is 9.77. The number of aromatic nitrogens is 2. The fraction of sp³-hybridized carbons (Fsp3) is 0.714. The van der Waals surface area contributed by atoms with Gasteiger partial charge in [-0.3, -0.25) is 9.59 Å². The molecule has 1 spiro atoms. The van der Waals surface area contributed by atoms with Crippen molar-refractivity contribution in [2.45, 2.75) is 24.8 Å². The minimum atomic E-state index is -0.873. The number of carboxylic acids is 1. The lowest BCUT2D eigenvalue weighted by molar-refractivity contribution is -0.145. The number of carbonyl (C=O) groups is 2. The van der Waals surface area contributed by atoms with Crippen LogP contribution in [0.25, 0.3) is 0 Å². The molecule has 126 valence electrons. The number of nitrogens with zero attached hydrogens (tertiary/aromatic N) is 5. The van der Waals surface area contributed by atoms with Gasteiger partial charge in [0.25, 0.3) is 0 Å². The Kier molecular flexibility index (Phi) is 3.91. The Morgan fingerprint density at radius 2 is 2.04 bits per heavy atom. The molecule has 0 saturated carbocycles. The standard InChI is InChI=1S/C14H21N5O3S/c1-17(2)12-15-13(23-16-12)19-6-4-14(5-7-19)9(11(21)22)8-10(20)18(14)3/h9H,4-8H2,1-3H3,(H,21,22). The third-order valence-corrected chi connectivity index (χ3v) is 5.84. The summed E-state index contributed by atoms with van der Waals surface area (Å²) < 4.78 is 4.31. The van der Waals surface area contributed by atoms with Gasteiger partial charge in [0.2, 0.25) is 17.0 Å². The molecule has 2 saturated heterocycles. The van der Waals surface area contributed by atoms with Crippen molar-refractivity contribution >= 4 is 34.5 Å². The van der Waals surface area contributed by atoms with Gasteiger partial charge in [0.15, 0.2) is 0 Å². The molecule has 1 atom stereocenters. The van der Waals surface area contributed by atoms with Gasteiger partial charge in [-0.05, 0) is 12.8 Å². The summed E-state index contributed by atoms with van der Waals surface area (Å²) in [5, 5.41) is 10.3. The van der Waals surface area contributed by atoms with Gasteiger partial charge in [0.1, 0.15) is 0 Å². The fourth-order valence-corrected chi connectivity index (χ4v) is 4.38. The molecule has 3 rings (SSSR count). The van der Waals surface area contributed by atoms with Crippen LogP contribution in [0.4, 0.5) is 11.1 Å². The Bertz CT molecular complexity index is 624. The van der Waals surface area contributed by atoms with E-state index in [9.17, 15) is 14.7 Å². The second-order valence-electron chi connectivity index (χ2n) is 6.41. The van der Waals surface area contributed by atoms with Crippen LogP contribution < -0.4 is 9.80 Å². The molecule has 1 amide bonds. The highest BCUT2D eigenvalue weighted by Gasteiger charge is 2.55. The number of rotatable bonds is 3. The first-order chi connectivity index (χ1) is 10.8. The number of anilines is 2. The maximum absolute atomic E-state index is 12.0. The van der Waals surface area contributed by atoms with E-state index in [1.807, 2.05) is 19.0 Å². The Balaban J connectivity index is 1.76. The Morgan fingerprint density at radius 3 is 2.57 bits per heavy atom. The Labute approximate surface area is 138 Å². The molecule has 2 fully saturated rings. The zero-order chi connectivity index (χ0) is 16.8. The summed E-state index contributed by atoms with van der Waals surface area (Å²) >= 11 is 1.35. The van der Waals surface area contributed by atoms with Crippen LogP contribution in [-0.2, 0) is 9.59 Å². The minimum absolute atomic E-state index is 0.0725. The molecule has 1 N–H and O–H groups in total. The molecule has 1 aromatic heterocycles. The molecule has 2 aliphatic heterocycles. The van der Waals surface area contributed by atoms with Gasteiger partial charge in [0, 0.05) is 52.2 Å². The smallest absolute Gasteiger partial charge is 0.309 e. The van der Waals surface area contributed by atoms with E-state index in [-0.39, 0.29) is 12.3 Å². The van der Waals surface area contributed by atoms with E-state index in [2.05, 4.69) is 14.3 Å². The lowest BCUT2D eigenvalue weighted by Crippen LogP contribution is -2.56. The van der Waals surface area contributed by atoms with Crippen LogP contribution in [0, 0.1) is 5.92 Å². The van der Waals surface area contributed by atoms with Gasteiger partial charge < -0.3 is 19.8 Å². The van der Waals surface area contributed by atoms with Crippen molar-refractivity contribution in [3.63, 3.8) is 0 Å². The molecule has 1 aromatic rings. The van der Waals surface area contributed by atoms with Crippen molar-refractivity contribution in [1.29, 1.82) is 0 Å². The quantitative estimate of drug-likeness (QED) is 0.858. The second-order valence-corrected chi connectivity index (χ2v) is 7.14. The second kappa shape index (κ2) is 5.63. The average Bonchev–Trinajstić information content (AvgIpc) is 3.09. The number of hydrogen-bond donors (Lipinski definition) is 1. The van der Waals surface area contributed by atoms with Crippen LogP contribution in [0.5, 0.6) is 0 Å². The summed E-state index contributed by atoms with van der Waals surface area (Å²) in [6.45, 7) is 1.37. The van der Waals surface area contributed by atoms with Crippen molar-refractivity contribution in [3.05, 3.63) is 0 Å². The summed E-state index contributed by atoms with van der Waals surface area (Å²) in [6, 6.07) is 0. The first-order valence-corrected chi connectivity index (χ1v) is 8.38. The minimum Gasteiger partial charge on any atom is -0.481 e. The molecular weight excluding hydrogens is 318 g/mol. The van der Waals surface area contributed by atoms with Crippen molar-refractivity contribution in [3.8, 4) is 0 Å². The molecule has 8 nitrogen and oxygen atoms in total. The zero-order valence-corrected chi connectivity index (χ0v) is 14.3. The first kappa shape index (κ1) is 16.0. The SMILES string of the molecule is CN(C)c1nsc(N2CCC3(CC2)C(C(=O)O)CC(=O)N3C)n1. The summed E-state index contributed by atoms with van der Waals surface area (Å²) in [4.78, 5) is 33.7. The number of carboxylic acid groups (broad SMARTS) is 1. The number of piperidine rings is 1. The number of carbonyl (C=O) groups excluding carboxylic acids is 1. The van der Waals surface area contributed by atoms with Gasteiger partial charge in [-0.15, -0.1) is 0 Å². The highest BCUT2D eigenvalue weighted by Crippen LogP contribution is 2.43. The highest BCUT2D eigenvalue weighted by atomic mass is 32.1. The van der Waals surface area contributed by atoms with Crippen LogP contribution in [0.2, 0.25) is 0 Å². The summed E-state index contributed by atoms with van der Waals surface area (Å²) in [7, 11) is 5.53. The van der Waals surface area contributed by atoms with Gasteiger partial charge >= 0.3 is 5.97 Å². The van der Waals surface area contributed by atoms with Crippen LogP contribution in [0.1, 0.15) is 19.3 Å². The number of hydrogen-bond acceptors (Lipinski definition) is 7. The number of aliphatic carboxylic acids is 1. The van der Waals surface area contributed by atoms with Crippen molar-refractivity contribution in [2.75, 3.05) is 44.0 Å². The largest absolute Gasteiger partial charge is 0.481 e. The van der Waals surface area contributed by atoms with E-state index < -0.39 is 17.4 Å². The topological polar surface area (TPSA) is 89.9 Å². The monoisotopic (exact) mass is 339 g/mol. The number of likely N-dealkylation sites (tertiary alicyclic amines) is 1. The molecule has 23 heavy (non-hydrogen) atoms. The van der Waals surface area contributed by atoms with Crippen LogP contribution in [-0.4, -0.2) is 71.0 Å². The normalized spacial score (nSPS) is 23.6. The lowest BCUT2D eigenvalue weighted by Gasteiger charge is -2.45. The highest BCUT2D eigenvalue weighted by molar-refractivity contribution is 7.09. The summed E-state index contributed by atoms with van der Waals surface area (Å²) in [5.74, 6) is -0.880. The Hall–Kier alpha value is -1.90. The maximum Gasteiger partial charge on any atom is 0.309 e. The predicted octanol–water partition coefficient (Wildman–Crippen LogP) is 0.506. The summed E-state index contributed by atoms with van der Waals surface area (Å²) in [6.07, 6.45) is 1.39. The van der Waals surface area contributed by atoms with E-state index >= 15 is 0 Å². The van der Waals surface area contributed by atoms with Gasteiger partial charge in [-0.1, -0.05) is 0 Å². The molecular formula is C14H21N5O3S. The zero-order valence-electron chi connectivity index (χ0n) is 13.5. The number of amides is 1. The molecule has 2 aliphatic rings. The van der Waals surface area contributed by atoms with Crippen molar-refractivity contribution < 1.29 is 14.7 Å². The van der Waals surface area contributed by atoms with Crippen LogP contribution >= 0.6 is 11.5 Å². The van der Waals surface area contributed by atoms with Gasteiger partial charge in [-0.2, -0.15) is 9.36 Å². The van der Waals surface area contributed by atoms with Gasteiger partial charge in [0.05, 0.1) is 11.5 Å². The van der Waals surface area contributed by atoms with E-state index in [1.54, 1.807) is 11.9 Å². The Morgan fingerprint density at radius 1 is 1.39 bits per heavy atom. The fourth-order valence-electron chi connectivity index (χ4n) is 3.59. The first-order valence-electron chi connectivity index (χ1n) is 7.60. The third kappa shape index (κ3) is 2.52. The molecule has 3 heterocycles. The molecule has 0 radical (unpaired) electrons. The van der Waals surface area contributed by atoms with E-state index in [0.29, 0.717) is 31.9 Å². The molecule has 1 unspecified atom stereocenters. The summed E-state index contributed by atoms with van der Waals surface area (Å²) in [5.41, 5.74) is -0.561. The van der Waals surface area contributed by atoms with Crippen molar-refractivity contribution in [2.24, 2.45) is 5.92 Å². The molecule has 0 aromatic carbocycles. The molecule has 0 bridgehead atoms. The van der Waals surface area contributed by atoms with Crippen LogP contribution in [0.15, 0.2) is 0 Å². The maximum atomic E-state index is 12.0. The van der Waals surface area contributed by atoms with E-state index in [0.717, 1.165) is 5.13 Å². The molecule has 0 aliphatic carbocycles. The molecule has 9 heteroatoms.